The molecule has 1 aliphatic rings. The van der Waals surface area contributed by atoms with Crippen LogP contribution in [0.4, 0.5) is 10.1 Å². The quantitative estimate of drug-likeness (QED) is 0.792. The summed E-state index contributed by atoms with van der Waals surface area (Å²) in [4.78, 5) is 13.2. The molecule has 4 heteroatoms. The number of nitrogens with zero attached hydrogens (tertiary/aromatic N) is 1. The molecule has 1 fully saturated rings. The maximum absolute atomic E-state index is 13.0. The lowest BCUT2D eigenvalue weighted by atomic mass is 10.1. The minimum Gasteiger partial charge on any atom is -0.330 e. The van der Waals surface area contributed by atoms with Crippen LogP contribution in [0.15, 0.2) is 24.3 Å². The molecule has 1 saturated heterocycles. The summed E-state index contributed by atoms with van der Waals surface area (Å²) in [5.41, 5.74) is 6.13. The molecule has 3 nitrogen and oxygen atoms in total. The number of nitrogens with two attached hydrogens (primary N) is 1. The van der Waals surface area contributed by atoms with Crippen LogP contribution in [-0.4, -0.2) is 19.0 Å². The largest absolute Gasteiger partial charge is 0.330 e. The number of rotatable bonds is 2. The molecule has 0 saturated carbocycles. The number of carbonyl (C=O) groups is 1. The summed E-state index contributed by atoms with van der Waals surface area (Å²) in [6, 6.07) is 6.08. The van der Waals surface area contributed by atoms with E-state index in [1.54, 1.807) is 17.0 Å². The van der Waals surface area contributed by atoms with Crippen LogP contribution in [0.3, 0.4) is 0 Å². The Morgan fingerprint density at radius 2 is 2.33 bits per heavy atom. The highest BCUT2D eigenvalue weighted by atomic mass is 19.1. The summed E-state index contributed by atoms with van der Waals surface area (Å²) >= 11 is 0. The van der Waals surface area contributed by atoms with Crippen molar-refractivity contribution < 1.29 is 9.18 Å². The zero-order chi connectivity index (χ0) is 10.8. The molecule has 1 heterocycles. The Morgan fingerprint density at radius 1 is 1.53 bits per heavy atom. The van der Waals surface area contributed by atoms with Gasteiger partial charge in [-0.25, -0.2) is 4.39 Å². The molecule has 0 aromatic heterocycles. The summed E-state index contributed by atoms with van der Waals surface area (Å²) < 4.78 is 13.0. The standard InChI is InChI=1S/C11H13FN2O/c12-9-2-1-3-10(5-9)14-7-8(6-13)4-11(14)15/h1-3,5,8H,4,6-7,13H2. The number of hydrogen-bond acceptors (Lipinski definition) is 2. The third-order valence-electron chi connectivity index (χ3n) is 2.66. The van der Waals surface area contributed by atoms with Crippen LogP contribution in [0.25, 0.3) is 0 Å². The van der Waals surface area contributed by atoms with Crippen LogP contribution in [0.5, 0.6) is 0 Å². The van der Waals surface area contributed by atoms with Gasteiger partial charge in [0.05, 0.1) is 0 Å². The Labute approximate surface area is 87.7 Å². The van der Waals surface area contributed by atoms with Crippen molar-refractivity contribution in [3.63, 3.8) is 0 Å². The van der Waals surface area contributed by atoms with Crippen LogP contribution >= 0.6 is 0 Å². The van der Waals surface area contributed by atoms with Crippen molar-refractivity contribution in [2.45, 2.75) is 6.42 Å². The van der Waals surface area contributed by atoms with E-state index in [-0.39, 0.29) is 17.6 Å². The van der Waals surface area contributed by atoms with E-state index in [0.29, 0.717) is 25.2 Å². The SMILES string of the molecule is NCC1CC(=O)N(c2cccc(F)c2)C1. The Balaban J connectivity index is 2.21. The highest BCUT2D eigenvalue weighted by molar-refractivity contribution is 5.95. The van der Waals surface area contributed by atoms with Crippen molar-refractivity contribution in [1.82, 2.24) is 0 Å². The van der Waals surface area contributed by atoms with Crippen LogP contribution in [-0.2, 0) is 4.79 Å². The molecule has 0 spiro atoms. The average molecular weight is 208 g/mol. The van der Waals surface area contributed by atoms with Gasteiger partial charge in [0.2, 0.25) is 5.91 Å². The maximum Gasteiger partial charge on any atom is 0.227 e. The third kappa shape index (κ3) is 1.99. The van der Waals surface area contributed by atoms with Crippen molar-refractivity contribution in [3.05, 3.63) is 30.1 Å². The van der Waals surface area contributed by atoms with Crippen LogP contribution in [0.2, 0.25) is 0 Å². The van der Waals surface area contributed by atoms with Gasteiger partial charge in [0.15, 0.2) is 0 Å². The van der Waals surface area contributed by atoms with Gasteiger partial charge in [-0.2, -0.15) is 0 Å². The Morgan fingerprint density at radius 3 is 2.93 bits per heavy atom. The van der Waals surface area contributed by atoms with E-state index < -0.39 is 0 Å². The summed E-state index contributed by atoms with van der Waals surface area (Å²) in [6.07, 6.45) is 0.465. The second kappa shape index (κ2) is 3.98. The Hall–Kier alpha value is -1.42. The molecule has 0 radical (unpaired) electrons. The van der Waals surface area contributed by atoms with E-state index in [4.69, 9.17) is 5.73 Å². The molecule has 15 heavy (non-hydrogen) atoms. The number of amides is 1. The van der Waals surface area contributed by atoms with Crippen molar-refractivity contribution in [1.29, 1.82) is 0 Å². The first-order valence-electron chi connectivity index (χ1n) is 4.96. The number of carbonyl (C=O) groups excluding carboxylic acids is 1. The van der Waals surface area contributed by atoms with Gasteiger partial charge in [-0.05, 0) is 30.7 Å². The van der Waals surface area contributed by atoms with Crippen LogP contribution < -0.4 is 10.6 Å². The van der Waals surface area contributed by atoms with Crippen LogP contribution in [0.1, 0.15) is 6.42 Å². The van der Waals surface area contributed by atoms with Crippen LogP contribution in [0, 0.1) is 11.7 Å². The van der Waals surface area contributed by atoms with Gasteiger partial charge >= 0.3 is 0 Å². The molecule has 1 aromatic rings. The Kier molecular flexibility index (Phi) is 2.68. The summed E-state index contributed by atoms with van der Waals surface area (Å²) in [6.45, 7) is 1.09. The average Bonchev–Trinajstić information content (AvgIpc) is 2.60. The molecular formula is C11H13FN2O. The second-order valence-electron chi connectivity index (χ2n) is 3.79. The zero-order valence-corrected chi connectivity index (χ0v) is 8.32. The highest BCUT2D eigenvalue weighted by Crippen LogP contribution is 2.24. The van der Waals surface area contributed by atoms with Gasteiger partial charge in [0, 0.05) is 18.7 Å². The van der Waals surface area contributed by atoms with Gasteiger partial charge in [0.25, 0.3) is 0 Å². The Bertz CT molecular complexity index is 381. The predicted molar refractivity (Wildman–Crippen MR) is 55.9 cm³/mol. The van der Waals surface area contributed by atoms with E-state index in [1.165, 1.54) is 12.1 Å². The van der Waals surface area contributed by atoms with Crippen molar-refractivity contribution >= 4 is 11.6 Å². The van der Waals surface area contributed by atoms with Crippen molar-refractivity contribution in [2.24, 2.45) is 11.7 Å². The molecule has 0 aliphatic carbocycles. The van der Waals surface area contributed by atoms with Gasteiger partial charge in [-0.15, -0.1) is 0 Å². The fourth-order valence-electron chi connectivity index (χ4n) is 1.83. The van der Waals surface area contributed by atoms with Gasteiger partial charge in [-0.3, -0.25) is 4.79 Å². The van der Waals surface area contributed by atoms with E-state index in [2.05, 4.69) is 0 Å². The second-order valence-corrected chi connectivity index (χ2v) is 3.79. The maximum atomic E-state index is 13.0. The normalized spacial score (nSPS) is 21.1. The van der Waals surface area contributed by atoms with Gasteiger partial charge in [-0.1, -0.05) is 6.07 Å². The third-order valence-corrected chi connectivity index (χ3v) is 2.66. The first kappa shape index (κ1) is 10.1. The highest BCUT2D eigenvalue weighted by Gasteiger charge is 2.29. The molecule has 1 aromatic carbocycles. The molecule has 1 atom stereocenters. The molecule has 80 valence electrons. The van der Waals surface area contributed by atoms with E-state index in [0.717, 1.165) is 0 Å². The smallest absolute Gasteiger partial charge is 0.227 e. The summed E-state index contributed by atoms with van der Waals surface area (Å²) in [5, 5.41) is 0. The predicted octanol–water partition coefficient (Wildman–Crippen LogP) is 1.14. The molecule has 2 rings (SSSR count). The topological polar surface area (TPSA) is 46.3 Å². The fraction of sp³-hybridized carbons (Fsp3) is 0.364. The lowest BCUT2D eigenvalue weighted by molar-refractivity contribution is -0.117. The van der Waals surface area contributed by atoms with E-state index in [9.17, 15) is 9.18 Å². The molecular weight excluding hydrogens is 195 g/mol. The lowest BCUT2D eigenvalue weighted by Gasteiger charge is -2.16. The molecule has 0 bridgehead atoms. The fourth-order valence-corrected chi connectivity index (χ4v) is 1.83. The molecule has 1 aliphatic heterocycles. The minimum atomic E-state index is -0.323. The minimum absolute atomic E-state index is 0.0241. The summed E-state index contributed by atoms with van der Waals surface area (Å²) in [7, 11) is 0. The molecule has 1 unspecified atom stereocenters. The number of halogens is 1. The number of benzene rings is 1. The molecule has 1 amide bonds. The first-order valence-corrected chi connectivity index (χ1v) is 4.96. The number of anilines is 1. The van der Waals surface area contributed by atoms with Gasteiger partial charge < -0.3 is 10.6 Å². The van der Waals surface area contributed by atoms with Gasteiger partial charge in [0.1, 0.15) is 5.82 Å². The van der Waals surface area contributed by atoms with Crippen molar-refractivity contribution in [3.8, 4) is 0 Å². The van der Waals surface area contributed by atoms with Crippen molar-refractivity contribution in [2.75, 3.05) is 18.0 Å². The van der Waals surface area contributed by atoms with E-state index >= 15 is 0 Å². The monoisotopic (exact) mass is 208 g/mol. The van der Waals surface area contributed by atoms with E-state index in [1.807, 2.05) is 0 Å². The molecule has 2 N–H and O–H groups in total. The lowest BCUT2D eigenvalue weighted by Crippen LogP contribution is -2.25. The first-order chi connectivity index (χ1) is 7.20. The number of hydrogen-bond donors (Lipinski definition) is 1. The summed E-state index contributed by atoms with van der Waals surface area (Å²) in [5.74, 6) is -0.103. The zero-order valence-electron chi connectivity index (χ0n) is 8.32.